The van der Waals surface area contributed by atoms with Crippen LogP contribution >= 0.6 is 0 Å². The van der Waals surface area contributed by atoms with Gasteiger partial charge in [-0.15, -0.1) is 0 Å². The molecule has 1 aliphatic heterocycles. The molecule has 1 N–H and O–H groups in total. The van der Waals surface area contributed by atoms with Crippen LogP contribution in [0.5, 0.6) is 0 Å². The number of hydrogen-bond donors (Lipinski definition) is 1. The van der Waals surface area contributed by atoms with Crippen molar-refractivity contribution < 1.29 is 14.2 Å². The summed E-state index contributed by atoms with van der Waals surface area (Å²) >= 11 is 0. The van der Waals surface area contributed by atoms with Gasteiger partial charge in [0.15, 0.2) is 0 Å². The van der Waals surface area contributed by atoms with Crippen LogP contribution in [0, 0.1) is 0 Å². The van der Waals surface area contributed by atoms with Crippen molar-refractivity contribution in [2.45, 2.75) is 51.2 Å². The van der Waals surface area contributed by atoms with Crippen molar-refractivity contribution in [3.63, 3.8) is 0 Å². The third kappa shape index (κ3) is 6.14. The van der Waals surface area contributed by atoms with Gasteiger partial charge < -0.3 is 19.5 Å². The Balaban J connectivity index is 2.01. The van der Waals surface area contributed by atoms with Gasteiger partial charge in [0.2, 0.25) is 0 Å². The highest BCUT2D eigenvalue weighted by Gasteiger charge is 2.30. The molecule has 1 fully saturated rings. The van der Waals surface area contributed by atoms with Crippen LogP contribution in [0.25, 0.3) is 0 Å². The van der Waals surface area contributed by atoms with E-state index >= 15 is 0 Å². The van der Waals surface area contributed by atoms with Gasteiger partial charge >= 0.3 is 0 Å². The van der Waals surface area contributed by atoms with Crippen molar-refractivity contribution in [1.29, 1.82) is 0 Å². The third-order valence-corrected chi connectivity index (χ3v) is 3.67. The van der Waals surface area contributed by atoms with E-state index in [2.05, 4.69) is 19.2 Å². The smallest absolute Gasteiger partial charge is 0.0700 e. The summed E-state index contributed by atoms with van der Waals surface area (Å²) < 4.78 is 16.2. The fourth-order valence-corrected chi connectivity index (χ4v) is 2.28. The Morgan fingerprint density at radius 2 is 2.17 bits per heavy atom. The Morgan fingerprint density at radius 1 is 1.33 bits per heavy atom. The summed E-state index contributed by atoms with van der Waals surface area (Å²) in [5.74, 6) is 0. The summed E-state index contributed by atoms with van der Waals surface area (Å²) in [4.78, 5) is 0. The Morgan fingerprint density at radius 3 is 2.89 bits per heavy atom. The molecule has 0 saturated carbocycles. The maximum absolute atomic E-state index is 5.84. The van der Waals surface area contributed by atoms with Crippen molar-refractivity contribution in [2.24, 2.45) is 0 Å². The summed E-state index contributed by atoms with van der Waals surface area (Å²) in [6.07, 6.45) is 4.39. The number of hydrogen-bond acceptors (Lipinski definition) is 4. The van der Waals surface area contributed by atoms with Crippen molar-refractivity contribution in [2.75, 3.05) is 40.1 Å². The van der Waals surface area contributed by atoms with Crippen LogP contribution in [0.2, 0.25) is 0 Å². The van der Waals surface area contributed by atoms with Crippen LogP contribution in [0.1, 0.15) is 39.5 Å². The lowest BCUT2D eigenvalue weighted by Gasteiger charge is -2.38. The second-order valence-corrected chi connectivity index (χ2v) is 5.25. The molecule has 0 bridgehead atoms. The zero-order valence-corrected chi connectivity index (χ0v) is 12.2. The molecule has 0 radical (unpaired) electrons. The predicted molar refractivity (Wildman–Crippen MR) is 73.0 cm³/mol. The molecule has 2 atom stereocenters. The fourth-order valence-electron chi connectivity index (χ4n) is 2.28. The molecule has 2 unspecified atom stereocenters. The van der Waals surface area contributed by atoms with Crippen LogP contribution in [0.3, 0.4) is 0 Å². The molecule has 1 heterocycles. The molecule has 0 spiro atoms. The molecule has 0 aromatic rings. The van der Waals surface area contributed by atoms with Crippen LogP contribution in [0.15, 0.2) is 0 Å². The van der Waals surface area contributed by atoms with E-state index in [1.54, 1.807) is 7.11 Å². The first-order valence-corrected chi connectivity index (χ1v) is 7.14. The van der Waals surface area contributed by atoms with Gasteiger partial charge in [0.1, 0.15) is 0 Å². The molecule has 4 nitrogen and oxygen atoms in total. The topological polar surface area (TPSA) is 39.7 Å². The molecule has 0 amide bonds. The van der Waals surface area contributed by atoms with Crippen LogP contribution in [-0.4, -0.2) is 51.7 Å². The van der Waals surface area contributed by atoms with E-state index in [0.717, 1.165) is 45.4 Å². The van der Waals surface area contributed by atoms with E-state index in [1.807, 2.05) is 0 Å². The van der Waals surface area contributed by atoms with Gasteiger partial charge in [0.05, 0.1) is 18.8 Å². The summed E-state index contributed by atoms with van der Waals surface area (Å²) in [5, 5.41) is 3.61. The first kappa shape index (κ1) is 15.9. The SMILES string of the molecule is CCC1(C)CC(NCCCOCCOC)CCO1. The molecule has 0 aromatic carbocycles. The van der Waals surface area contributed by atoms with Gasteiger partial charge in [-0.1, -0.05) is 6.92 Å². The van der Waals surface area contributed by atoms with E-state index in [-0.39, 0.29) is 5.60 Å². The van der Waals surface area contributed by atoms with Gasteiger partial charge in [-0.25, -0.2) is 0 Å². The maximum Gasteiger partial charge on any atom is 0.0700 e. The average Bonchev–Trinajstić information content (AvgIpc) is 2.38. The molecule has 0 aliphatic carbocycles. The molecule has 1 aliphatic rings. The summed E-state index contributed by atoms with van der Waals surface area (Å²) in [6.45, 7) is 8.51. The minimum absolute atomic E-state index is 0.0743. The number of methoxy groups -OCH3 is 1. The van der Waals surface area contributed by atoms with Crippen LogP contribution in [0.4, 0.5) is 0 Å². The second kappa shape index (κ2) is 8.86. The van der Waals surface area contributed by atoms with Crippen molar-refractivity contribution in [3.8, 4) is 0 Å². The highest BCUT2D eigenvalue weighted by molar-refractivity contribution is 4.85. The first-order valence-electron chi connectivity index (χ1n) is 7.14. The minimum atomic E-state index is 0.0743. The summed E-state index contributed by atoms with van der Waals surface area (Å²) in [7, 11) is 1.70. The quantitative estimate of drug-likeness (QED) is 0.643. The minimum Gasteiger partial charge on any atom is -0.382 e. The van der Waals surface area contributed by atoms with E-state index in [0.29, 0.717) is 19.3 Å². The zero-order valence-electron chi connectivity index (χ0n) is 12.2. The number of rotatable bonds is 9. The number of nitrogens with one attached hydrogen (secondary N) is 1. The molecule has 1 rings (SSSR count). The molecule has 18 heavy (non-hydrogen) atoms. The van der Waals surface area contributed by atoms with Crippen LogP contribution in [-0.2, 0) is 14.2 Å². The zero-order chi connectivity index (χ0) is 13.3. The van der Waals surface area contributed by atoms with E-state index in [1.165, 1.54) is 0 Å². The Bertz CT molecular complexity index is 213. The summed E-state index contributed by atoms with van der Waals surface area (Å²) in [5.41, 5.74) is 0.0743. The lowest BCUT2D eigenvalue weighted by molar-refractivity contribution is -0.0779. The fraction of sp³-hybridized carbons (Fsp3) is 1.00. The van der Waals surface area contributed by atoms with E-state index in [9.17, 15) is 0 Å². The van der Waals surface area contributed by atoms with Gasteiger partial charge in [-0.3, -0.25) is 0 Å². The highest BCUT2D eigenvalue weighted by Crippen LogP contribution is 2.27. The molecule has 1 saturated heterocycles. The van der Waals surface area contributed by atoms with E-state index < -0.39 is 0 Å². The van der Waals surface area contributed by atoms with Gasteiger partial charge in [0.25, 0.3) is 0 Å². The highest BCUT2D eigenvalue weighted by atomic mass is 16.5. The lowest BCUT2D eigenvalue weighted by Crippen LogP contribution is -2.45. The standard InChI is InChI=1S/C14H29NO3/c1-4-14(2)12-13(6-9-18-14)15-7-5-8-17-11-10-16-3/h13,15H,4-12H2,1-3H3. The van der Waals surface area contributed by atoms with Gasteiger partial charge in [-0.05, 0) is 39.2 Å². The maximum atomic E-state index is 5.84. The summed E-state index contributed by atoms with van der Waals surface area (Å²) in [6, 6.07) is 0.600. The average molecular weight is 259 g/mol. The lowest BCUT2D eigenvalue weighted by atomic mass is 9.90. The Kier molecular flexibility index (Phi) is 7.82. The Labute approximate surface area is 111 Å². The first-order chi connectivity index (χ1) is 8.70. The second-order valence-electron chi connectivity index (χ2n) is 5.25. The van der Waals surface area contributed by atoms with E-state index in [4.69, 9.17) is 14.2 Å². The molecule has 108 valence electrons. The van der Waals surface area contributed by atoms with Crippen molar-refractivity contribution in [3.05, 3.63) is 0 Å². The largest absolute Gasteiger partial charge is 0.382 e. The number of ether oxygens (including phenoxy) is 3. The van der Waals surface area contributed by atoms with Crippen LogP contribution < -0.4 is 5.32 Å². The third-order valence-electron chi connectivity index (χ3n) is 3.67. The predicted octanol–water partition coefficient (Wildman–Crippen LogP) is 1.98. The molecular formula is C14H29NO3. The van der Waals surface area contributed by atoms with Gasteiger partial charge in [-0.2, -0.15) is 0 Å². The molecular weight excluding hydrogens is 230 g/mol. The van der Waals surface area contributed by atoms with Crippen molar-refractivity contribution in [1.82, 2.24) is 5.32 Å². The molecule has 0 aromatic heterocycles. The normalized spacial score (nSPS) is 28.5. The molecule has 4 heteroatoms. The Hall–Kier alpha value is -0.160. The van der Waals surface area contributed by atoms with Crippen molar-refractivity contribution >= 4 is 0 Å². The monoisotopic (exact) mass is 259 g/mol. The van der Waals surface area contributed by atoms with Gasteiger partial charge in [0, 0.05) is 26.4 Å².